The molecular formula is C15H17NO4. The second-order valence-electron chi connectivity index (χ2n) is 4.63. The van der Waals surface area contributed by atoms with Crippen molar-refractivity contribution in [2.75, 3.05) is 13.1 Å². The molecule has 0 aliphatic carbocycles. The van der Waals surface area contributed by atoms with Gasteiger partial charge >= 0.3 is 5.97 Å². The monoisotopic (exact) mass is 275 g/mol. The van der Waals surface area contributed by atoms with Crippen LogP contribution in [0.4, 0.5) is 0 Å². The minimum atomic E-state index is -0.920. The minimum absolute atomic E-state index is 0.0706. The first-order chi connectivity index (χ1) is 9.52. The van der Waals surface area contributed by atoms with Crippen molar-refractivity contribution in [2.45, 2.75) is 20.3 Å². The predicted molar refractivity (Wildman–Crippen MR) is 74.8 cm³/mol. The first-order valence-corrected chi connectivity index (χ1v) is 6.53. The molecule has 0 fully saturated rings. The van der Waals surface area contributed by atoms with Crippen LogP contribution in [0.1, 0.15) is 29.5 Å². The van der Waals surface area contributed by atoms with E-state index in [2.05, 4.69) is 0 Å². The van der Waals surface area contributed by atoms with Gasteiger partial charge in [-0.2, -0.15) is 0 Å². The van der Waals surface area contributed by atoms with Crippen LogP contribution in [0.5, 0.6) is 0 Å². The van der Waals surface area contributed by atoms with Gasteiger partial charge in [-0.05, 0) is 25.5 Å². The van der Waals surface area contributed by atoms with Gasteiger partial charge in [0.2, 0.25) is 0 Å². The fourth-order valence-corrected chi connectivity index (χ4v) is 2.10. The van der Waals surface area contributed by atoms with Crippen molar-refractivity contribution in [3.05, 3.63) is 35.6 Å². The summed E-state index contributed by atoms with van der Waals surface area (Å²) in [5.41, 5.74) is 1.67. The molecule has 0 saturated carbocycles. The van der Waals surface area contributed by atoms with E-state index in [0.717, 1.165) is 10.9 Å². The molecule has 1 aromatic heterocycles. The molecule has 0 radical (unpaired) electrons. The fourth-order valence-electron chi connectivity index (χ4n) is 2.10. The van der Waals surface area contributed by atoms with E-state index in [1.54, 1.807) is 6.07 Å². The van der Waals surface area contributed by atoms with Crippen molar-refractivity contribution >= 4 is 22.8 Å². The molecule has 0 atom stereocenters. The molecule has 20 heavy (non-hydrogen) atoms. The van der Waals surface area contributed by atoms with E-state index in [4.69, 9.17) is 9.52 Å². The summed E-state index contributed by atoms with van der Waals surface area (Å²) in [6, 6.07) is 7.41. The van der Waals surface area contributed by atoms with E-state index in [0.29, 0.717) is 12.1 Å². The Morgan fingerprint density at radius 2 is 2.10 bits per heavy atom. The number of benzene rings is 1. The molecule has 0 aliphatic rings. The lowest BCUT2D eigenvalue weighted by atomic mass is 10.2. The SMILES string of the molecule is CCN(CCC(=O)O)C(=O)c1cc2cccc(C)c2o1. The van der Waals surface area contributed by atoms with Crippen LogP contribution >= 0.6 is 0 Å². The molecule has 2 aromatic rings. The number of para-hydroxylation sites is 1. The van der Waals surface area contributed by atoms with Gasteiger partial charge in [-0.3, -0.25) is 9.59 Å². The summed E-state index contributed by atoms with van der Waals surface area (Å²) in [5, 5.41) is 9.58. The van der Waals surface area contributed by atoms with Crippen molar-refractivity contribution in [3.63, 3.8) is 0 Å². The van der Waals surface area contributed by atoms with Crippen LogP contribution in [0.15, 0.2) is 28.7 Å². The Morgan fingerprint density at radius 3 is 2.70 bits per heavy atom. The molecular weight excluding hydrogens is 258 g/mol. The van der Waals surface area contributed by atoms with E-state index < -0.39 is 5.97 Å². The zero-order chi connectivity index (χ0) is 14.7. The molecule has 0 unspecified atom stereocenters. The maximum atomic E-state index is 12.3. The van der Waals surface area contributed by atoms with Gasteiger partial charge < -0.3 is 14.4 Å². The number of nitrogens with zero attached hydrogens (tertiary/aromatic N) is 1. The lowest BCUT2D eigenvalue weighted by molar-refractivity contribution is -0.137. The van der Waals surface area contributed by atoms with Crippen molar-refractivity contribution < 1.29 is 19.1 Å². The number of carboxylic acid groups (broad SMARTS) is 1. The lowest BCUT2D eigenvalue weighted by Gasteiger charge is -2.18. The smallest absolute Gasteiger partial charge is 0.305 e. The Balaban J connectivity index is 2.25. The second-order valence-corrected chi connectivity index (χ2v) is 4.63. The van der Waals surface area contributed by atoms with E-state index in [9.17, 15) is 9.59 Å². The molecule has 1 aromatic carbocycles. The zero-order valence-electron chi connectivity index (χ0n) is 11.5. The molecule has 1 heterocycles. The number of aliphatic carboxylic acids is 1. The molecule has 5 nitrogen and oxygen atoms in total. The molecule has 0 spiro atoms. The zero-order valence-corrected chi connectivity index (χ0v) is 11.5. The van der Waals surface area contributed by atoms with Gasteiger partial charge in [-0.1, -0.05) is 18.2 Å². The molecule has 1 N–H and O–H groups in total. The van der Waals surface area contributed by atoms with Gasteiger partial charge in [0.15, 0.2) is 5.76 Å². The van der Waals surface area contributed by atoms with Crippen molar-refractivity contribution in [2.24, 2.45) is 0 Å². The van der Waals surface area contributed by atoms with Crippen LogP contribution in [-0.4, -0.2) is 35.0 Å². The van der Waals surface area contributed by atoms with E-state index in [1.807, 2.05) is 32.0 Å². The number of aryl methyl sites for hydroxylation is 1. The van der Waals surface area contributed by atoms with Crippen molar-refractivity contribution in [1.82, 2.24) is 4.90 Å². The number of carboxylic acids is 1. The molecule has 0 bridgehead atoms. The highest BCUT2D eigenvalue weighted by Crippen LogP contribution is 2.23. The average Bonchev–Trinajstić information content (AvgIpc) is 2.84. The number of carbonyl (C=O) groups excluding carboxylic acids is 1. The van der Waals surface area contributed by atoms with E-state index in [-0.39, 0.29) is 24.6 Å². The minimum Gasteiger partial charge on any atom is -0.481 e. The van der Waals surface area contributed by atoms with Gasteiger partial charge in [0.25, 0.3) is 5.91 Å². The number of hydrogen-bond donors (Lipinski definition) is 1. The first-order valence-electron chi connectivity index (χ1n) is 6.53. The molecule has 0 aliphatic heterocycles. The lowest BCUT2D eigenvalue weighted by Crippen LogP contribution is -2.32. The fraction of sp³-hybridized carbons (Fsp3) is 0.333. The normalized spacial score (nSPS) is 10.7. The third-order valence-corrected chi connectivity index (χ3v) is 3.22. The number of carbonyl (C=O) groups is 2. The van der Waals surface area contributed by atoms with Crippen LogP contribution in [0, 0.1) is 6.92 Å². The Hall–Kier alpha value is -2.30. The van der Waals surface area contributed by atoms with E-state index in [1.165, 1.54) is 4.90 Å². The number of rotatable bonds is 5. The van der Waals surface area contributed by atoms with Gasteiger partial charge in [0.05, 0.1) is 6.42 Å². The summed E-state index contributed by atoms with van der Waals surface area (Å²) in [5.74, 6) is -0.942. The van der Waals surface area contributed by atoms with Crippen molar-refractivity contribution in [3.8, 4) is 0 Å². The Morgan fingerprint density at radius 1 is 1.35 bits per heavy atom. The molecule has 5 heteroatoms. The largest absolute Gasteiger partial charge is 0.481 e. The third kappa shape index (κ3) is 2.82. The Bertz CT molecular complexity index is 644. The number of furan rings is 1. The van der Waals surface area contributed by atoms with Gasteiger partial charge in [-0.15, -0.1) is 0 Å². The number of hydrogen-bond acceptors (Lipinski definition) is 3. The summed E-state index contributed by atoms with van der Waals surface area (Å²) in [6.45, 7) is 4.36. The second kappa shape index (κ2) is 5.77. The van der Waals surface area contributed by atoms with Gasteiger partial charge in [-0.25, -0.2) is 0 Å². The van der Waals surface area contributed by atoms with Crippen LogP contribution in [0.25, 0.3) is 11.0 Å². The van der Waals surface area contributed by atoms with Crippen molar-refractivity contribution in [1.29, 1.82) is 0 Å². The molecule has 2 rings (SSSR count). The Labute approximate surface area is 116 Å². The standard InChI is InChI=1S/C15H17NO4/c1-3-16(8-7-13(17)18)15(19)12-9-11-6-4-5-10(2)14(11)20-12/h4-6,9H,3,7-8H2,1-2H3,(H,17,18). The van der Waals surface area contributed by atoms with E-state index >= 15 is 0 Å². The number of amides is 1. The summed E-state index contributed by atoms with van der Waals surface area (Å²) in [7, 11) is 0. The molecule has 0 saturated heterocycles. The van der Waals surface area contributed by atoms with Crippen LogP contribution in [0.2, 0.25) is 0 Å². The quantitative estimate of drug-likeness (QED) is 0.910. The average molecular weight is 275 g/mol. The maximum Gasteiger partial charge on any atom is 0.305 e. The highest BCUT2D eigenvalue weighted by Gasteiger charge is 2.19. The maximum absolute atomic E-state index is 12.3. The topological polar surface area (TPSA) is 70.8 Å². The van der Waals surface area contributed by atoms with Crippen LogP contribution < -0.4 is 0 Å². The third-order valence-electron chi connectivity index (χ3n) is 3.22. The first kappa shape index (κ1) is 14.1. The van der Waals surface area contributed by atoms with Gasteiger partial charge in [0.1, 0.15) is 5.58 Å². The van der Waals surface area contributed by atoms with Crippen LogP contribution in [0.3, 0.4) is 0 Å². The predicted octanol–water partition coefficient (Wildman–Crippen LogP) is 2.68. The molecule has 1 amide bonds. The van der Waals surface area contributed by atoms with Crippen LogP contribution in [-0.2, 0) is 4.79 Å². The summed E-state index contributed by atoms with van der Waals surface area (Å²) < 4.78 is 5.61. The molecule has 106 valence electrons. The highest BCUT2D eigenvalue weighted by atomic mass is 16.4. The Kier molecular flexibility index (Phi) is 4.08. The summed E-state index contributed by atoms with van der Waals surface area (Å²) >= 11 is 0. The summed E-state index contributed by atoms with van der Waals surface area (Å²) in [6.07, 6.45) is -0.0706. The summed E-state index contributed by atoms with van der Waals surface area (Å²) in [4.78, 5) is 24.4. The van der Waals surface area contributed by atoms with Gasteiger partial charge in [0, 0.05) is 18.5 Å². The number of fused-ring (bicyclic) bond motifs is 1. The highest BCUT2D eigenvalue weighted by molar-refractivity contribution is 5.96.